The second-order valence-electron chi connectivity index (χ2n) is 6.11. The first-order valence-electron chi connectivity index (χ1n) is 7.91. The van der Waals surface area contributed by atoms with E-state index in [1.165, 1.54) is 18.7 Å². The number of aliphatic carboxylic acids is 1. The van der Waals surface area contributed by atoms with E-state index in [0.717, 1.165) is 4.90 Å². The molecule has 2 N–H and O–H groups in total. The van der Waals surface area contributed by atoms with Gasteiger partial charge >= 0.3 is 16.4 Å². The van der Waals surface area contributed by atoms with E-state index in [1.807, 2.05) is 0 Å². The molecule has 0 unspecified atom stereocenters. The molecule has 1 aromatic heterocycles. The summed E-state index contributed by atoms with van der Waals surface area (Å²) < 4.78 is 36.6. The summed E-state index contributed by atoms with van der Waals surface area (Å²) in [5, 5.41) is 20.6. The zero-order chi connectivity index (χ0) is 19.9. The zero-order valence-corrected chi connectivity index (χ0v) is 16.0. The van der Waals surface area contributed by atoms with E-state index in [2.05, 4.69) is 19.7 Å². The molecule has 1 saturated heterocycles. The van der Waals surface area contributed by atoms with Gasteiger partial charge in [-0.15, -0.1) is 16.9 Å². The van der Waals surface area contributed by atoms with E-state index in [0.29, 0.717) is 23.0 Å². The maximum atomic E-state index is 12.4. The van der Waals surface area contributed by atoms with Crippen molar-refractivity contribution < 1.29 is 31.8 Å². The number of carboxylic acids is 1. The van der Waals surface area contributed by atoms with Crippen LogP contribution in [0.1, 0.15) is 19.2 Å². The predicted octanol–water partition coefficient (Wildman–Crippen LogP) is -0.550. The molecule has 0 radical (unpaired) electrons. The van der Waals surface area contributed by atoms with Crippen LogP contribution in [-0.2, 0) is 30.7 Å². The molecule has 2 aliphatic rings. The average molecular weight is 419 g/mol. The minimum absolute atomic E-state index is 0.0984. The van der Waals surface area contributed by atoms with Crippen LogP contribution in [-0.4, -0.2) is 73.0 Å². The fraction of sp³-hybridized carbons (Fsp3) is 0.615. The Bertz CT molecular complexity index is 912. The Labute approximate surface area is 158 Å². The van der Waals surface area contributed by atoms with Gasteiger partial charge in [-0.25, -0.2) is 13.7 Å². The molecular formula is C13H17N5O7S2. The first kappa shape index (κ1) is 19.7. The van der Waals surface area contributed by atoms with Crippen LogP contribution in [0.15, 0.2) is 10.6 Å². The van der Waals surface area contributed by atoms with Gasteiger partial charge < -0.3 is 10.0 Å². The van der Waals surface area contributed by atoms with Gasteiger partial charge in [0.25, 0.3) is 0 Å². The molecule has 3 rings (SSSR count). The Morgan fingerprint density at radius 1 is 1.48 bits per heavy atom. The van der Waals surface area contributed by atoms with Gasteiger partial charge in [0.05, 0.1) is 24.6 Å². The lowest BCUT2D eigenvalue weighted by molar-refractivity contribution is -0.160. The molecule has 1 amide bonds. The van der Waals surface area contributed by atoms with Gasteiger partial charge in [-0.05, 0) is 24.3 Å². The highest BCUT2D eigenvalue weighted by atomic mass is 32.3. The Kier molecular flexibility index (Phi) is 5.24. The van der Waals surface area contributed by atoms with E-state index in [1.54, 1.807) is 11.6 Å². The van der Waals surface area contributed by atoms with Crippen molar-refractivity contribution in [3.05, 3.63) is 16.4 Å². The summed E-state index contributed by atoms with van der Waals surface area (Å²) in [6, 6.07) is -0.516. The summed E-state index contributed by atoms with van der Waals surface area (Å²) in [4.78, 5) is 25.7. The molecule has 0 saturated carbocycles. The number of aryl methyl sites for hydroxylation is 2. The molecule has 2 aliphatic heterocycles. The summed E-state index contributed by atoms with van der Waals surface area (Å²) in [6.45, 7) is 3.55. The van der Waals surface area contributed by atoms with Gasteiger partial charge in [0.2, 0.25) is 5.91 Å². The number of β-lactam (4-membered cyclic amide) rings is 1. The minimum atomic E-state index is -4.71. The highest BCUT2D eigenvalue weighted by Crippen LogP contribution is 2.47. The molecule has 148 valence electrons. The molecule has 0 aromatic carbocycles. The highest BCUT2D eigenvalue weighted by molar-refractivity contribution is 8.03. The fourth-order valence-electron chi connectivity index (χ4n) is 3.31. The van der Waals surface area contributed by atoms with Crippen LogP contribution < -0.4 is 0 Å². The molecule has 1 aromatic rings. The van der Waals surface area contributed by atoms with Crippen molar-refractivity contribution in [2.24, 2.45) is 5.92 Å². The van der Waals surface area contributed by atoms with Crippen molar-refractivity contribution in [3.63, 3.8) is 0 Å². The third-order valence-electron chi connectivity index (χ3n) is 4.44. The lowest BCUT2D eigenvalue weighted by atomic mass is 9.83. The number of carboxylic acid groups (broad SMARTS) is 1. The Morgan fingerprint density at radius 2 is 2.19 bits per heavy atom. The van der Waals surface area contributed by atoms with Crippen molar-refractivity contribution >= 4 is 34.0 Å². The van der Waals surface area contributed by atoms with Crippen molar-refractivity contribution in [2.45, 2.75) is 39.0 Å². The van der Waals surface area contributed by atoms with Crippen molar-refractivity contribution in [1.82, 2.24) is 25.1 Å². The lowest BCUT2D eigenvalue weighted by Crippen LogP contribution is -2.62. The quantitative estimate of drug-likeness (QED) is 0.410. The van der Waals surface area contributed by atoms with E-state index in [-0.39, 0.29) is 12.1 Å². The number of carbonyl (C=O) groups is 2. The summed E-state index contributed by atoms with van der Waals surface area (Å²) in [5.41, 5.74) is -0.0984. The molecular weight excluding hydrogens is 402 g/mol. The summed E-state index contributed by atoms with van der Waals surface area (Å²) in [5.74, 6) is -1.49. The van der Waals surface area contributed by atoms with Gasteiger partial charge in [-0.3, -0.25) is 9.35 Å². The normalized spacial score (nSPS) is 23.4. The summed E-state index contributed by atoms with van der Waals surface area (Å²) >= 11 is 1.28. The van der Waals surface area contributed by atoms with Gasteiger partial charge in [-0.2, -0.15) is 8.42 Å². The number of carbonyl (C=O) groups excluding carboxylic acids is 1. The van der Waals surface area contributed by atoms with Crippen molar-refractivity contribution in [3.8, 4) is 0 Å². The fourth-order valence-corrected chi connectivity index (χ4v) is 4.93. The minimum Gasteiger partial charge on any atom is -0.477 e. The SMILES string of the molecule is Cc1nnnn1CCSC1=C(C(=O)O)N2C(=O)[C@@H]([C@H](C)OS(=O)(=O)O)[C@H]2C1. The molecule has 27 heavy (non-hydrogen) atoms. The number of thioether (sulfide) groups is 1. The van der Waals surface area contributed by atoms with Crippen molar-refractivity contribution in [2.75, 3.05) is 5.75 Å². The first-order valence-corrected chi connectivity index (χ1v) is 10.3. The van der Waals surface area contributed by atoms with Crippen LogP contribution in [0.3, 0.4) is 0 Å². The van der Waals surface area contributed by atoms with E-state index < -0.39 is 40.3 Å². The van der Waals surface area contributed by atoms with Crippen LogP contribution in [0.25, 0.3) is 0 Å². The van der Waals surface area contributed by atoms with Crippen LogP contribution in [0, 0.1) is 12.8 Å². The second-order valence-corrected chi connectivity index (χ2v) is 8.35. The highest BCUT2D eigenvalue weighted by Gasteiger charge is 2.57. The van der Waals surface area contributed by atoms with E-state index in [4.69, 9.17) is 4.55 Å². The Morgan fingerprint density at radius 3 is 2.74 bits per heavy atom. The molecule has 3 heterocycles. The number of aromatic nitrogens is 4. The predicted molar refractivity (Wildman–Crippen MR) is 90.5 cm³/mol. The van der Waals surface area contributed by atoms with Crippen LogP contribution in [0.2, 0.25) is 0 Å². The number of rotatable bonds is 8. The zero-order valence-electron chi connectivity index (χ0n) is 14.3. The van der Waals surface area contributed by atoms with Gasteiger partial charge in [0, 0.05) is 17.1 Å². The van der Waals surface area contributed by atoms with E-state index >= 15 is 0 Å². The third kappa shape index (κ3) is 3.83. The molecule has 3 atom stereocenters. The molecule has 0 spiro atoms. The first-order chi connectivity index (χ1) is 12.6. The molecule has 1 fully saturated rings. The standard InChI is InChI=1S/C13H17N5O7S2/c1-6(25-27(22,23)24)10-8-5-9(11(13(20)21)18(8)12(10)19)26-4-3-17-7(2)14-15-16-17/h6,8,10H,3-5H2,1-2H3,(H,20,21)(H,22,23,24)/t6-,8+,10-/m0/s1. The number of fused-ring (bicyclic) bond motifs is 1. The smallest absolute Gasteiger partial charge is 0.397 e. The van der Waals surface area contributed by atoms with E-state index in [9.17, 15) is 23.1 Å². The maximum Gasteiger partial charge on any atom is 0.397 e. The molecule has 0 aliphatic carbocycles. The maximum absolute atomic E-state index is 12.4. The number of tetrazole rings is 1. The average Bonchev–Trinajstić information content (AvgIpc) is 3.07. The van der Waals surface area contributed by atoms with Gasteiger partial charge in [-0.1, -0.05) is 0 Å². The molecule has 0 bridgehead atoms. The molecule has 14 heteroatoms. The van der Waals surface area contributed by atoms with Crippen LogP contribution in [0.5, 0.6) is 0 Å². The second kappa shape index (κ2) is 7.18. The Balaban J connectivity index is 1.70. The topological polar surface area (TPSA) is 165 Å². The summed E-state index contributed by atoms with van der Waals surface area (Å²) in [7, 11) is -4.71. The largest absolute Gasteiger partial charge is 0.477 e. The number of nitrogens with zero attached hydrogens (tertiary/aromatic N) is 5. The number of amides is 1. The van der Waals surface area contributed by atoms with Crippen LogP contribution in [0.4, 0.5) is 0 Å². The van der Waals surface area contributed by atoms with Gasteiger partial charge in [0.15, 0.2) is 0 Å². The molecule has 12 nitrogen and oxygen atoms in total. The Hall–Kier alpha value is -2.03. The lowest BCUT2D eigenvalue weighted by Gasteiger charge is -2.45. The number of hydrogen-bond donors (Lipinski definition) is 2. The monoisotopic (exact) mass is 419 g/mol. The third-order valence-corrected chi connectivity index (χ3v) is 6.08. The van der Waals surface area contributed by atoms with Crippen LogP contribution >= 0.6 is 11.8 Å². The number of hydrogen-bond acceptors (Lipinski definition) is 9. The summed E-state index contributed by atoms with van der Waals surface area (Å²) in [6.07, 6.45) is -0.826. The van der Waals surface area contributed by atoms with Gasteiger partial charge in [0.1, 0.15) is 11.5 Å². The van der Waals surface area contributed by atoms with Crippen molar-refractivity contribution in [1.29, 1.82) is 0 Å².